The molecule has 0 saturated heterocycles. The fourth-order valence-electron chi connectivity index (χ4n) is 4.27. The third-order valence-corrected chi connectivity index (χ3v) is 6.66. The molecule has 3 heteroatoms. The van der Waals surface area contributed by atoms with Crippen molar-refractivity contribution in [2.24, 2.45) is 0 Å². The summed E-state index contributed by atoms with van der Waals surface area (Å²) in [6, 6.07) is 15.3. The normalized spacial score (nSPS) is 11.0. The van der Waals surface area contributed by atoms with E-state index in [1.165, 1.54) is 0 Å². The highest BCUT2D eigenvalue weighted by Gasteiger charge is 2.18. The van der Waals surface area contributed by atoms with Crippen LogP contribution < -0.4 is 5.32 Å². The number of unbranched alkanes of at least 4 members (excludes halogenated alkanes) is 1. The molecule has 0 spiro atoms. The first-order valence-corrected chi connectivity index (χ1v) is 15.0. The summed E-state index contributed by atoms with van der Waals surface area (Å²) < 4.78 is 27.6. The lowest BCUT2D eigenvalue weighted by atomic mass is 9.85. The molecule has 0 saturated carbocycles. The fraction of sp³-hybridized carbons (Fsp3) is 0.368. The Hall–Kier alpha value is -3.46. The monoisotopic (exact) mass is 561 g/mol. The number of benzene rings is 3. The smallest absolute Gasteiger partial charge is 0.127 e. The van der Waals surface area contributed by atoms with Crippen LogP contribution in [0.25, 0.3) is 11.6 Å². The highest BCUT2D eigenvalue weighted by molar-refractivity contribution is 5.68. The molecule has 0 bridgehead atoms. The molecular weight excluding hydrogens is 508 g/mol. The summed E-state index contributed by atoms with van der Waals surface area (Å²) in [5, 5.41) is 3.21. The molecule has 0 aliphatic heterocycles. The van der Waals surface area contributed by atoms with Gasteiger partial charge in [0.15, 0.2) is 0 Å². The molecule has 1 unspecified atom stereocenters. The quantitative estimate of drug-likeness (QED) is 0.256. The van der Waals surface area contributed by atoms with Gasteiger partial charge >= 0.3 is 0 Å². The molecule has 0 aliphatic rings. The van der Waals surface area contributed by atoms with Crippen LogP contribution >= 0.6 is 0 Å². The second kappa shape index (κ2) is 20.4. The van der Waals surface area contributed by atoms with E-state index in [0.29, 0.717) is 5.56 Å². The van der Waals surface area contributed by atoms with Crippen molar-refractivity contribution in [3.8, 4) is 0 Å². The van der Waals surface area contributed by atoms with Crippen LogP contribution in [0.1, 0.15) is 106 Å². The Morgan fingerprint density at radius 2 is 1.56 bits per heavy atom. The Morgan fingerprint density at radius 1 is 0.902 bits per heavy atom. The van der Waals surface area contributed by atoms with Gasteiger partial charge in [-0.3, -0.25) is 0 Å². The molecule has 3 aromatic rings. The first kappa shape index (κ1) is 37.5. The molecule has 0 aromatic heterocycles. The minimum atomic E-state index is -0.171. The Labute approximate surface area is 250 Å². The van der Waals surface area contributed by atoms with Gasteiger partial charge in [0.2, 0.25) is 0 Å². The van der Waals surface area contributed by atoms with Crippen LogP contribution in [0.5, 0.6) is 0 Å². The predicted molar refractivity (Wildman–Crippen MR) is 181 cm³/mol. The van der Waals surface area contributed by atoms with Crippen molar-refractivity contribution >= 4 is 17.3 Å². The van der Waals surface area contributed by atoms with E-state index < -0.39 is 0 Å². The van der Waals surface area contributed by atoms with Gasteiger partial charge in [-0.25, -0.2) is 8.78 Å². The molecule has 0 aliphatic carbocycles. The largest absolute Gasteiger partial charge is 0.388 e. The standard InChI is InChI=1S/C25H30FN.C9H11F.2C2H6/c1-7-10-11-17(4)21-14-23(18(5)24(26)15-21)22(9-3)20-13-12-19(8-2)25(16-20)27-6;1-3-8-5-4-7(2)6-9(8)10;2*1-2/h8-9,11-16,22,27H,2-3,7,10H2,1,4-6H3;4-6H,3H2,1-2H3;2*1-2H3/b17-11+;;;. The van der Waals surface area contributed by atoms with Gasteiger partial charge in [-0.1, -0.05) is 103 Å². The van der Waals surface area contributed by atoms with Gasteiger partial charge in [0.05, 0.1) is 0 Å². The maximum Gasteiger partial charge on any atom is 0.127 e. The zero-order chi connectivity index (χ0) is 31.5. The topological polar surface area (TPSA) is 12.0 Å². The van der Waals surface area contributed by atoms with Gasteiger partial charge in [0.25, 0.3) is 0 Å². The number of allylic oxidation sites excluding steroid dienone is 3. The minimum absolute atomic E-state index is 0.0793. The molecule has 0 radical (unpaired) electrons. The molecule has 41 heavy (non-hydrogen) atoms. The van der Waals surface area contributed by atoms with Crippen LogP contribution in [0.2, 0.25) is 0 Å². The third-order valence-electron chi connectivity index (χ3n) is 6.66. The summed E-state index contributed by atoms with van der Waals surface area (Å²) in [7, 11) is 1.89. The lowest BCUT2D eigenvalue weighted by Gasteiger charge is -2.20. The Morgan fingerprint density at radius 3 is 2.07 bits per heavy atom. The van der Waals surface area contributed by atoms with Gasteiger partial charge in [-0.2, -0.15) is 0 Å². The highest BCUT2D eigenvalue weighted by atomic mass is 19.1. The van der Waals surface area contributed by atoms with Crippen LogP contribution in [0.4, 0.5) is 14.5 Å². The fourth-order valence-corrected chi connectivity index (χ4v) is 4.27. The molecule has 1 atom stereocenters. The van der Waals surface area contributed by atoms with Crippen LogP contribution in [-0.2, 0) is 6.42 Å². The molecule has 3 rings (SSSR count). The van der Waals surface area contributed by atoms with Crippen molar-refractivity contribution < 1.29 is 8.78 Å². The lowest BCUT2D eigenvalue weighted by molar-refractivity contribution is 0.611. The zero-order valence-electron chi connectivity index (χ0n) is 27.2. The van der Waals surface area contributed by atoms with E-state index in [2.05, 4.69) is 49.7 Å². The number of rotatable bonds is 9. The van der Waals surface area contributed by atoms with Gasteiger partial charge in [-0.05, 0) is 96.3 Å². The zero-order valence-corrected chi connectivity index (χ0v) is 27.2. The first-order valence-electron chi connectivity index (χ1n) is 15.0. The van der Waals surface area contributed by atoms with Gasteiger partial charge in [-0.15, -0.1) is 6.58 Å². The summed E-state index contributed by atoms with van der Waals surface area (Å²) >= 11 is 0. The van der Waals surface area contributed by atoms with E-state index >= 15 is 0 Å². The van der Waals surface area contributed by atoms with E-state index in [9.17, 15) is 8.78 Å². The maximum atomic E-state index is 14.7. The molecule has 0 amide bonds. The molecule has 0 heterocycles. The average Bonchev–Trinajstić information content (AvgIpc) is 3.00. The Balaban J connectivity index is 0.000000950. The molecular formula is C38H53F2N. The minimum Gasteiger partial charge on any atom is -0.388 e. The summed E-state index contributed by atoms with van der Waals surface area (Å²) in [4.78, 5) is 0. The number of nitrogens with one attached hydrogen (secondary N) is 1. The molecule has 0 fully saturated rings. The van der Waals surface area contributed by atoms with Gasteiger partial charge < -0.3 is 5.32 Å². The van der Waals surface area contributed by atoms with Gasteiger partial charge in [0.1, 0.15) is 11.6 Å². The second-order valence-corrected chi connectivity index (χ2v) is 9.31. The van der Waals surface area contributed by atoms with Crippen LogP contribution in [0, 0.1) is 25.5 Å². The highest BCUT2D eigenvalue weighted by Crippen LogP contribution is 2.34. The van der Waals surface area contributed by atoms with Crippen LogP contribution in [-0.4, -0.2) is 7.05 Å². The van der Waals surface area contributed by atoms with Gasteiger partial charge in [0, 0.05) is 18.7 Å². The summed E-state index contributed by atoms with van der Waals surface area (Å²) in [6.07, 6.45) is 8.73. The van der Waals surface area contributed by atoms with E-state index in [4.69, 9.17) is 0 Å². The summed E-state index contributed by atoms with van der Waals surface area (Å²) in [5.74, 6) is -0.331. The van der Waals surface area contributed by atoms with E-state index in [0.717, 1.165) is 63.9 Å². The Kier molecular flexibility index (Phi) is 18.7. The average molecular weight is 562 g/mol. The third kappa shape index (κ3) is 11.1. The van der Waals surface area contributed by atoms with Crippen LogP contribution in [0.15, 0.2) is 73.8 Å². The number of anilines is 1. The van der Waals surface area contributed by atoms with Crippen molar-refractivity contribution in [2.75, 3.05) is 12.4 Å². The molecule has 1 nitrogen and oxygen atoms in total. The summed E-state index contributed by atoms with van der Waals surface area (Å²) in [5.41, 5.74) is 8.57. The number of aryl methyl sites for hydroxylation is 2. The van der Waals surface area contributed by atoms with Crippen LogP contribution in [0.3, 0.4) is 0 Å². The molecule has 3 aromatic carbocycles. The van der Waals surface area contributed by atoms with Crippen molar-refractivity contribution in [3.05, 3.63) is 124 Å². The molecule has 1 N–H and O–H groups in total. The van der Waals surface area contributed by atoms with Crippen molar-refractivity contribution in [1.29, 1.82) is 0 Å². The first-order chi connectivity index (χ1) is 19.7. The summed E-state index contributed by atoms with van der Waals surface area (Å²) in [6.45, 7) is 25.8. The molecule has 224 valence electrons. The lowest BCUT2D eigenvalue weighted by Crippen LogP contribution is -2.05. The van der Waals surface area contributed by atoms with E-state index in [1.54, 1.807) is 12.1 Å². The maximum absolute atomic E-state index is 14.7. The Bertz CT molecular complexity index is 1250. The van der Waals surface area contributed by atoms with Crippen molar-refractivity contribution in [1.82, 2.24) is 0 Å². The van der Waals surface area contributed by atoms with Crippen molar-refractivity contribution in [3.63, 3.8) is 0 Å². The van der Waals surface area contributed by atoms with E-state index in [-0.39, 0.29) is 17.6 Å². The second-order valence-electron chi connectivity index (χ2n) is 9.31. The predicted octanol–water partition coefficient (Wildman–Crippen LogP) is 12.1. The number of hydrogen-bond donors (Lipinski definition) is 1. The number of hydrogen-bond acceptors (Lipinski definition) is 1. The number of halogens is 2. The van der Waals surface area contributed by atoms with Crippen molar-refractivity contribution in [2.45, 2.75) is 87.5 Å². The van der Waals surface area contributed by atoms with E-state index in [1.807, 2.05) is 92.8 Å². The SMILES string of the molecule is C=Cc1ccc(C(C=C)c2cc(/C(C)=C/CCC)cc(F)c2C)cc1NC.CC.CC.CCc1ccc(C)cc1F.